The largest absolute Gasteiger partial charge is 0.466 e. The zero-order chi connectivity index (χ0) is 9.84. The molecule has 1 aromatic heterocycles. The lowest BCUT2D eigenvalue weighted by molar-refractivity contribution is -0.137. The average molecular weight is 198 g/mol. The summed E-state index contributed by atoms with van der Waals surface area (Å²) in [5, 5.41) is 13.2. The van der Waals surface area contributed by atoms with Crippen molar-refractivity contribution in [1.29, 1.82) is 0 Å². The van der Waals surface area contributed by atoms with Crippen molar-refractivity contribution in [2.45, 2.75) is 6.10 Å². The third kappa shape index (κ3) is 2.17. The van der Waals surface area contributed by atoms with Crippen molar-refractivity contribution in [1.82, 2.24) is 0 Å². The molecular weight excluding hydrogens is 188 g/mol. The summed E-state index contributed by atoms with van der Waals surface area (Å²) in [6, 6.07) is 1.74. The maximum Gasteiger partial charge on any atom is 0.336 e. The molecule has 0 amide bonds. The molecule has 1 atom stereocenters. The number of ether oxygens (including phenoxy) is 1. The van der Waals surface area contributed by atoms with Crippen LogP contribution in [-0.4, -0.2) is 18.2 Å². The van der Waals surface area contributed by atoms with Gasteiger partial charge in [0.25, 0.3) is 0 Å². The molecule has 1 N–H and O–H groups in total. The van der Waals surface area contributed by atoms with E-state index in [0.717, 1.165) is 0 Å². The molecular formula is C9H10O3S. The number of carbonyl (C=O) groups excluding carboxylic acids is 1. The van der Waals surface area contributed by atoms with E-state index in [0.29, 0.717) is 5.56 Å². The quantitative estimate of drug-likeness (QED) is 0.591. The summed E-state index contributed by atoms with van der Waals surface area (Å²) in [6.07, 6.45) is -0.960. The second-order valence-electron chi connectivity index (χ2n) is 2.48. The van der Waals surface area contributed by atoms with Crippen molar-refractivity contribution in [3.8, 4) is 0 Å². The molecule has 0 aliphatic heterocycles. The SMILES string of the molecule is C=C(C(=O)OC)C(O)c1ccsc1. The van der Waals surface area contributed by atoms with Crippen LogP contribution in [0.25, 0.3) is 0 Å². The van der Waals surface area contributed by atoms with E-state index in [2.05, 4.69) is 11.3 Å². The van der Waals surface area contributed by atoms with Gasteiger partial charge < -0.3 is 9.84 Å². The molecule has 0 saturated carbocycles. The van der Waals surface area contributed by atoms with Gasteiger partial charge in [-0.25, -0.2) is 4.79 Å². The Morgan fingerprint density at radius 3 is 2.92 bits per heavy atom. The van der Waals surface area contributed by atoms with Crippen molar-refractivity contribution >= 4 is 17.3 Å². The van der Waals surface area contributed by atoms with Crippen LogP contribution in [0, 0.1) is 0 Å². The van der Waals surface area contributed by atoms with Gasteiger partial charge in [0, 0.05) is 0 Å². The van der Waals surface area contributed by atoms with Crippen LogP contribution >= 0.6 is 11.3 Å². The Balaban J connectivity index is 2.74. The predicted molar refractivity (Wildman–Crippen MR) is 50.4 cm³/mol. The summed E-state index contributed by atoms with van der Waals surface area (Å²) in [7, 11) is 1.26. The number of thiophene rings is 1. The molecule has 1 heterocycles. The second kappa shape index (κ2) is 4.20. The van der Waals surface area contributed by atoms with Gasteiger partial charge in [0.1, 0.15) is 6.10 Å². The van der Waals surface area contributed by atoms with Crippen LogP contribution in [0.3, 0.4) is 0 Å². The fraction of sp³-hybridized carbons (Fsp3) is 0.222. The number of rotatable bonds is 3. The molecule has 0 spiro atoms. The van der Waals surface area contributed by atoms with Gasteiger partial charge in [-0.2, -0.15) is 11.3 Å². The highest BCUT2D eigenvalue weighted by molar-refractivity contribution is 7.08. The van der Waals surface area contributed by atoms with E-state index >= 15 is 0 Å². The Morgan fingerprint density at radius 2 is 2.46 bits per heavy atom. The smallest absolute Gasteiger partial charge is 0.336 e. The summed E-state index contributed by atoms with van der Waals surface area (Å²) in [6.45, 7) is 3.46. The fourth-order valence-electron chi connectivity index (χ4n) is 0.874. The molecule has 1 unspecified atom stereocenters. The Bertz CT molecular complexity index is 303. The highest BCUT2D eigenvalue weighted by atomic mass is 32.1. The minimum atomic E-state index is -0.960. The Kier molecular flexibility index (Phi) is 3.22. The highest BCUT2D eigenvalue weighted by Gasteiger charge is 2.18. The molecule has 0 aromatic carbocycles. The molecule has 13 heavy (non-hydrogen) atoms. The monoisotopic (exact) mass is 198 g/mol. The van der Waals surface area contributed by atoms with Gasteiger partial charge in [0.05, 0.1) is 12.7 Å². The zero-order valence-corrected chi connectivity index (χ0v) is 8.00. The second-order valence-corrected chi connectivity index (χ2v) is 3.26. The summed E-state index contributed by atoms with van der Waals surface area (Å²) < 4.78 is 4.44. The highest BCUT2D eigenvalue weighted by Crippen LogP contribution is 2.22. The van der Waals surface area contributed by atoms with E-state index in [1.54, 1.807) is 11.4 Å². The maximum atomic E-state index is 11.0. The van der Waals surface area contributed by atoms with Crippen LogP contribution in [0.4, 0.5) is 0 Å². The number of aliphatic hydroxyl groups is 1. The van der Waals surface area contributed by atoms with Gasteiger partial charge in [-0.3, -0.25) is 0 Å². The first kappa shape index (κ1) is 9.95. The fourth-order valence-corrected chi connectivity index (χ4v) is 1.55. The molecule has 3 nitrogen and oxygen atoms in total. The molecule has 0 aliphatic carbocycles. The van der Waals surface area contributed by atoms with Crippen LogP contribution < -0.4 is 0 Å². The lowest BCUT2D eigenvalue weighted by Crippen LogP contribution is -2.11. The van der Waals surface area contributed by atoms with Crippen LogP contribution in [0.5, 0.6) is 0 Å². The van der Waals surface area contributed by atoms with E-state index in [-0.39, 0.29) is 5.57 Å². The van der Waals surface area contributed by atoms with Crippen molar-refractivity contribution in [3.63, 3.8) is 0 Å². The number of esters is 1. The number of hydrogen-bond donors (Lipinski definition) is 1. The molecule has 4 heteroatoms. The Labute approximate surface area is 80.3 Å². The topological polar surface area (TPSA) is 46.5 Å². The zero-order valence-electron chi connectivity index (χ0n) is 7.19. The third-order valence-corrected chi connectivity index (χ3v) is 2.34. The van der Waals surface area contributed by atoms with Gasteiger partial charge in [-0.15, -0.1) is 0 Å². The van der Waals surface area contributed by atoms with Crippen molar-refractivity contribution in [2.75, 3.05) is 7.11 Å². The summed E-state index contributed by atoms with van der Waals surface area (Å²) in [4.78, 5) is 11.0. The Hall–Kier alpha value is -1.13. The van der Waals surface area contributed by atoms with E-state index < -0.39 is 12.1 Å². The van der Waals surface area contributed by atoms with Gasteiger partial charge >= 0.3 is 5.97 Å². The van der Waals surface area contributed by atoms with Crippen molar-refractivity contribution < 1.29 is 14.6 Å². The summed E-state index contributed by atoms with van der Waals surface area (Å²) >= 11 is 1.45. The number of hydrogen-bond acceptors (Lipinski definition) is 4. The van der Waals surface area contributed by atoms with E-state index in [4.69, 9.17) is 0 Å². The molecule has 1 aromatic rings. The molecule has 0 bridgehead atoms. The average Bonchev–Trinajstić information content (AvgIpc) is 2.67. The van der Waals surface area contributed by atoms with Crippen molar-refractivity contribution in [3.05, 3.63) is 34.5 Å². The molecule has 0 aliphatic rings. The number of aliphatic hydroxyl groups excluding tert-OH is 1. The van der Waals surface area contributed by atoms with Crippen molar-refractivity contribution in [2.24, 2.45) is 0 Å². The third-order valence-electron chi connectivity index (χ3n) is 1.64. The molecule has 1 rings (SSSR count). The Morgan fingerprint density at radius 1 is 1.77 bits per heavy atom. The van der Waals surface area contributed by atoms with Crippen LogP contribution in [0.15, 0.2) is 29.0 Å². The van der Waals surface area contributed by atoms with E-state index in [1.807, 2.05) is 5.38 Å². The first-order chi connectivity index (χ1) is 6.16. The minimum absolute atomic E-state index is 0.0564. The lowest BCUT2D eigenvalue weighted by Gasteiger charge is -2.09. The minimum Gasteiger partial charge on any atom is -0.466 e. The van der Waals surface area contributed by atoms with Gasteiger partial charge in [0.2, 0.25) is 0 Å². The van der Waals surface area contributed by atoms with Gasteiger partial charge in [-0.1, -0.05) is 6.58 Å². The van der Waals surface area contributed by atoms with Crippen LogP contribution in [-0.2, 0) is 9.53 Å². The standard InChI is InChI=1S/C9H10O3S/c1-6(9(11)12-2)8(10)7-3-4-13-5-7/h3-5,8,10H,1H2,2H3. The predicted octanol–water partition coefficient (Wildman–Crippen LogP) is 1.51. The summed E-state index contributed by atoms with van der Waals surface area (Å²) in [5.74, 6) is -0.585. The van der Waals surface area contributed by atoms with Gasteiger partial charge in [0.15, 0.2) is 0 Å². The maximum absolute atomic E-state index is 11.0. The number of methoxy groups -OCH3 is 1. The first-order valence-corrected chi connectivity index (χ1v) is 4.58. The normalized spacial score (nSPS) is 12.2. The summed E-state index contributed by atoms with van der Waals surface area (Å²) in [5.41, 5.74) is 0.723. The van der Waals surface area contributed by atoms with Gasteiger partial charge in [-0.05, 0) is 22.4 Å². The number of carbonyl (C=O) groups is 1. The van der Waals surface area contributed by atoms with Crippen LogP contribution in [0.2, 0.25) is 0 Å². The molecule has 0 radical (unpaired) electrons. The molecule has 0 saturated heterocycles. The lowest BCUT2D eigenvalue weighted by atomic mass is 10.1. The first-order valence-electron chi connectivity index (χ1n) is 3.64. The van der Waals surface area contributed by atoms with E-state index in [1.165, 1.54) is 18.4 Å². The molecule has 0 fully saturated rings. The molecule has 70 valence electrons. The van der Waals surface area contributed by atoms with E-state index in [9.17, 15) is 9.90 Å². The van der Waals surface area contributed by atoms with Crippen LogP contribution in [0.1, 0.15) is 11.7 Å².